The summed E-state index contributed by atoms with van der Waals surface area (Å²) in [6.45, 7) is 2.30. The average Bonchev–Trinajstić information content (AvgIpc) is 2.65. The summed E-state index contributed by atoms with van der Waals surface area (Å²) in [6.07, 6.45) is 25.5. The molecule has 0 fully saturated rings. The summed E-state index contributed by atoms with van der Waals surface area (Å²) in [5.41, 5.74) is 0. The third-order valence-electron chi connectivity index (χ3n) is 5.52. The van der Waals surface area contributed by atoms with Crippen LogP contribution in [0.3, 0.4) is 0 Å². The fraction of sp³-hybridized carbons (Fsp3) is 0.840. The zero-order valence-corrected chi connectivity index (χ0v) is 21.7. The molecule has 0 radical (unpaired) electrons. The third kappa shape index (κ3) is 17.7. The van der Waals surface area contributed by atoms with Gasteiger partial charge in [-0.15, -0.1) is 0 Å². The van der Waals surface area contributed by atoms with Gasteiger partial charge in [0.2, 0.25) is 5.34 Å². The van der Waals surface area contributed by atoms with Crippen molar-refractivity contribution in [2.45, 2.75) is 109 Å². The van der Waals surface area contributed by atoms with E-state index in [1.54, 1.807) is 0 Å². The lowest BCUT2D eigenvalue weighted by Crippen LogP contribution is -2.49. The highest BCUT2D eigenvalue weighted by Crippen LogP contribution is 2.52. The molecule has 0 aliphatic heterocycles. The van der Waals surface area contributed by atoms with Crippen LogP contribution in [0.4, 0.5) is 0 Å². The number of rotatable bonds is 20. The minimum atomic E-state index is -4.56. The minimum Gasteiger partial charge on any atom is -0.373 e. The van der Waals surface area contributed by atoms with Crippen molar-refractivity contribution in [3.05, 3.63) is 24.3 Å². The van der Waals surface area contributed by atoms with Crippen LogP contribution in [0.2, 0.25) is 0 Å². The third-order valence-corrected chi connectivity index (χ3v) is 6.97. The van der Waals surface area contributed by atoms with Gasteiger partial charge in [0.1, 0.15) is 6.54 Å². The summed E-state index contributed by atoms with van der Waals surface area (Å²) in [6, 6.07) is 0. The highest BCUT2D eigenvalue weighted by Gasteiger charge is 2.48. The van der Waals surface area contributed by atoms with Crippen molar-refractivity contribution in [3.63, 3.8) is 0 Å². The van der Waals surface area contributed by atoms with Crippen molar-refractivity contribution in [1.29, 1.82) is 0 Å². The molecule has 31 heavy (non-hydrogen) atoms. The van der Waals surface area contributed by atoms with Gasteiger partial charge in [-0.1, -0.05) is 63.3 Å². The molecule has 0 bridgehead atoms. The number of hydrogen-bond acceptors (Lipinski definition) is 2. The Morgan fingerprint density at radius 1 is 0.710 bits per heavy atom. The highest BCUT2D eigenvalue weighted by molar-refractivity contribution is 7.53. The Labute approximate surface area is 192 Å². The summed E-state index contributed by atoms with van der Waals surface area (Å²) in [7, 11) is 0.924. The molecule has 1 unspecified atom stereocenters. The second-order valence-electron chi connectivity index (χ2n) is 10.0. The number of allylic oxidation sites excluding steroid dienone is 4. The molecular formula is C25H51NO4P+. The van der Waals surface area contributed by atoms with Gasteiger partial charge in [0, 0.05) is 0 Å². The molecule has 0 aliphatic carbocycles. The van der Waals surface area contributed by atoms with E-state index in [9.17, 15) is 19.5 Å². The maximum Gasteiger partial charge on any atom is 0.362 e. The van der Waals surface area contributed by atoms with Crippen molar-refractivity contribution >= 4 is 7.60 Å². The summed E-state index contributed by atoms with van der Waals surface area (Å²) < 4.78 is 12.1. The molecule has 0 saturated carbocycles. The maximum atomic E-state index is 11.8. The Morgan fingerprint density at radius 2 is 1.10 bits per heavy atom. The van der Waals surface area contributed by atoms with E-state index in [0.717, 1.165) is 25.7 Å². The van der Waals surface area contributed by atoms with Crippen LogP contribution in [0, 0.1) is 0 Å². The number of hydrogen-bond donors (Lipinski definition) is 3. The highest BCUT2D eigenvalue weighted by atomic mass is 31.2. The van der Waals surface area contributed by atoms with Crippen LogP contribution in [-0.2, 0) is 4.57 Å². The minimum absolute atomic E-state index is 0.0422. The van der Waals surface area contributed by atoms with Crippen LogP contribution in [-0.4, -0.2) is 52.4 Å². The summed E-state index contributed by atoms with van der Waals surface area (Å²) in [5, 5.41) is 8.58. The molecule has 0 aliphatic rings. The van der Waals surface area contributed by atoms with Crippen LogP contribution in [0.5, 0.6) is 0 Å². The molecule has 0 aromatic rings. The lowest BCUT2D eigenvalue weighted by molar-refractivity contribution is -0.875. The second-order valence-corrected chi connectivity index (χ2v) is 11.9. The van der Waals surface area contributed by atoms with Crippen molar-refractivity contribution in [1.82, 2.24) is 0 Å². The van der Waals surface area contributed by atoms with Crippen molar-refractivity contribution in [2.75, 3.05) is 27.7 Å². The Morgan fingerprint density at radius 3 is 1.52 bits per heavy atom. The van der Waals surface area contributed by atoms with Gasteiger partial charge in [-0.05, 0) is 64.2 Å². The van der Waals surface area contributed by atoms with Crippen molar-refractivity contribution in [2.24, 2.45) is 0 Å². The molecule has 0 amide bonds. The lowest BCUT2D eigenvalue weighted by atomic mass is 10.1. The van der Waals surface area contributed by atoms with Crippen LogP contribution in [0.15, 0.2) is 24.3 Å². The SMILES string of the molecule is CCCCCCCC/C=C\CCCC/C=C\CCCCC(O)(C[N+](C)(C)C)P(=O)(O)O. The molecule has 6 heteroatoms. The first-order valence-electron chi connectivity index (χ1n) is 12.4. The Kier molecular flexibility index (Phi) is 16.8. The molecule has 3 N–H and O–H groups in total. The van der Waals surface area contributed by atoms with Gasteiger partial charge in [0.05, 0.1) is 21.1 Å². The predicted octanol–water partition coefficient (Wildman–Crippen LogP) is 6.54. The maximum absolute atomic E-state index is 11.8. The largest absolute Gasteiger partial charge is 0.373 e. The molecule has 0 heterocycles. The molecule has 1 atom stereocenters. The number of aliphatic hydroxyl groups is 1. The van der Waals surface area contributed by atoms with Crippen molar-refractivity contribution in [3.8, 4) is 0 Å². The lowest BCUT2D eigenvalue weighted by Gasteiger charge is -2.35. The molecular weight excluding hydrogens is 409 g/mol. The quantitative estimate of drug-likeness (QED) is 0.0834. The van der Waals surface area contributed by atoms with E-state index in [1.165, 1.54) is 57.8 Å². The van der Waals surface area contributed by atoms with Gasteiger partial charge < -0.3 is 19.4 Å². The standard InChI is InChI=1S/C25H50NO4P/c1-5-6-7-8-9-10-11-12-13-14-15-16-17-18-19-20-21-22-23-25(27,31(28,29)30)24-26(2,3)4/h12-13,18-19,27H,5-11,14-17,20-24H2,1-4H3,(H-,28,29,30)/p+1/b13-12-,19-18-. The Hall–Kier alpha value is -0.450. The summed E-state index contributed by atoms with van der Waals surface area (Å²) in [4.78, 5) is 19.2. The van der Waals surface area contributed by atoms with E-state index in [1.807, 2.05) is 21.1 Å². The first kappa shape index (κ1) is 30.6. The second kappa shape index (κ2) is 17.1. The van der Waals surface area contributed by atoms with E-state index in [0.29, 0.717) is 10.9 Å². The van der Waals surface area contributed by atoms with E-state index in [2.05, 4.69) is 31.2 Å². The van der Waals surface area contributed by atoms with Crippen LogP contribution >= 0.6 is 7.60 Å². The van der Waals surface area contributed by atoms with Crippen LogP contribution in [0.25, 0.3) is 0 Å². The monoisotopic (exact) mass is 460 g/mol. The van der Waals surface area contributed by atoms with Gasteiger partial charge in [-0.25, -0.2) is 0 Å². The van der Waals surface area contributed by atoms with E-state index >= 15 is 0 Å². The summed E-state index contributed by atoms with van der Waals surface area (Å²) in [5.74, 6) is 0. The molecule has 0 aromatic carbocycles. The normalized spacial score (nSPS) is 15.2. The van der Waals surface area contributed by atoms with Crippen LogP contribution < -0.4 is 0 Å². The molecule has 0 saturated heterocycles. The predicted molar refractivity (Wildman–Crippen MR) is 133 cm³/mol. The average molecular weight is 461 g/mol. The van der Waals surface area contributed by atoms with Gasteiger partial charge in [-0.2, -0.15) is 0 Å². The molecule has 0 spiro atoms. The van der Waals surface area contributed by atoms with Crippen molar-refractivity contribution < 1.29 is 23.9 Å². The zero-order valence-electron chi connectivity index (χ0n) is 20.8. The molecule has 0 aromatic heterocycles. The number of nitrogens with zero attached hydrogens (tertiary/aromatic N) is 1. The Balaban J connectivity index is 3.75. The zero-order chi connectivity index (χ0) is 23.6. The number of likely N-dealkylation sites (N-methyl/N-ethyl adjacent to an activating group) is 1. The van der Waals surface area contributed by atoms with Crippen LogP contribution in [0.1, 0.15) is 103 Å². The smallest absolute Gasteiger partial charge is 0.362 e. The Bertz CT molecular complexity index is 536. The van der Waals surface area contributed by atoms with E-state index in [4.69, 9.17) is 0 Å². The van der Waals surface area contributed by atoms with Gasteiger partial charge in [0.25, 0.3) is 0 Å². The first-order valence-corrected chi connectivity index (χ1v) is 14.0. The van der Waals surface area contributed by atoms with Gasteiger partial charge >= 0.3 is 7.60 Å². The van der Waals surface area contributed by atoms with E-state index < -0.39 is 12.9 Å². The fourth-order valence-corrected chi connectivity index (χ4v) is 4.84. The molecule has 5 nitrogen and oxygen atoms in total. The van der Waals surface area contributed by atoms with E-state index in [-0.39, 0.29) is 13.0 Å². The van der Waals surface area contributed by atoms with Gasteiger partial charge in [-0.3, -0.25) is 4.57 Å². The van der Waals surface area contributed by atoms with Gasteiger partial charge in [0.15, 0.2) is 0 Å². The molecule has 0 rings (SSSR count). The summed E-state index contributed by atoms with van der Waals surface area (Å²) >= 11 is 0. The first-order chi connectivity index (χ1) is 14.5. The number of quaternary nitrogens is 1. The fourth-order valence-electron chi connectivity index (χ4n) is 3.79. The molecule has 184 valence electrons. The number of unbranched alkanes of at least 4 members (excludes halogenated alkanes) is 11. The topological polar surface area (TPSA) is 77.8 Å².